The molecule has 7 heteroatoms. The maximum atomic E-state index is 12.0. The first-order valence-electron chi connectivity index (χ1n) is 7.27. The number of aliphatic carboxylic acids is 1. The zero-order valence-corrected chi connectivity index (χ0v) is 14.9. The molecule has 3 N–H and O–H groups in total. The molecule has 0 saturated heterocycles. The Balaban J connectivity index is 2.56. The summed E-state index contributed by atoms with van der Waals surface area (Å²) in [6.07, 6.45) is 0.333. The molecular weight excluding hydrogens is 364 g/mol. The number of aryl methyl sites for hydroxylation is 1. The fourth-order valence-electron chi connectivity index (χ4n) is 1.93. The van der Waals surface area contributed by atoms with Gasteiger partial charge in [-0.05, 0) is 37.0 Å². The first-order chi connectivity index (χ1) is 10.7. The van der Waals surface area contributed by atoms with Crippen molar-refractivity contribution in [2.45, 2.75) is 33.2 Å². The third-order valence-corrected chi connectivity index (χ3v) is 4.04. The smallest absolute Gasteiger partial charge is 0.326 e. The Bertz CT molecular complexity index is 602. The molecule has 2 amide bonds. The SMILES string of the molecule is Cc1ccc(C(=O)NCC(=O)N[C@@H](CC(C)C)C(=O)O)cc1Br. The second kappa shape index (κ2) is 8.67. The Hall–Kier alpha value is -1.89. The number of rotatable bonds is 7. The van der Waals surface area contributed by atoms with E-state index in [2.05, 4.69) is 26.6 Å². The zero-order chi connectivity index (χ0) is 17.6. The van der Waals surface area contributed by atoms with Gasteiger partial charge in [0.25, 0.3) is 5.91 Å². The third-order valence-electron chi connectivity index (χ3n) is 3.18. The van der Waals surface area contributed by atoms with E-state index in [1.54, 1.807) is 18.2 Å². The molecule has 126 valence electrons. The van der Waals surface area contributed by atoms with Gasteiger partial charge in [-0.2, -0.15) is 0 Å². The average molecular weight is 385 g/mol. The lowest BCUT2D eigenvalue weighted by atomic mass is 10.0. The van der Waals surface area contributed by atoms with E-state index >= 15 is 0 Å². The van der Waals surface area contributed by atoms with Crippen molar-refractivity contribution in [3.05, 3.63) is 33.8 Å². The Morgan fingerprint density at radius 3 is 2.43 bits per heavy atom. The summed E-state index contributed by atoms with van der Waals surface area (Å²) in [6, 6.07) is 4.17. The minimum atomic E-state index is -1.08. The number of hydrogen-bond donors (Lipinski definition) is 3. The van der Waals surface area contributed by atoms with Crippen LogP contribution >= 0.6 is 15.9 Å². The number of carboxylic acid groups (broad SMARTS) is 1. The van der Waals surface area contributed by atoms with E-state index < -0.39 is 23.8 Å². The van der Waals surface area contributed by atoms with Gasteiger partial charge in [0.15, 0.2) is 0 Å². The van der Waals surface area contributed by atoms with Crippen molar-refractivity contribution in [3.63, 3.8) is 0 Å². The number of carbonyl (C=O) groups is 3. The molecule has 0 aliphatic carbocycles. The Morgan fingerprint density at radius 1 is 1.26 bits per heavy atom. The number of halogens is 1. The maximum Gasteiger partial charge on any atom is 0.326 e. The summed E-state index contributed by atoms with van der Waals surface area (Å²) in [5.74, 6) is -1.87. The average Bonchev–Trinajstić information content (AvgIpc) is 2.46. The van der Waals surface area contributed by atoms with Crippen LogP contribution in [0.15, 0.2) is 22.7 Å². The Kier molecular flexibility index (Phi) is 7.22. The van der Waals surface area contributed by atoms with Gasteiger partial charge in [-0.25, -0.2) is 4.79 Å². The van der Waals surface area contributed by atoms with E-state index in [0.29, 0.717) is 12.0 Å². The minimum absolute atomic E-state index is 0.135. The van der Waals surface area contributed by atoms with Crippen molar-refractivity contribution in [1.82, 2.24) is 10.6 Å². The third kappa shape index (κ3) is 6.40. The molecule has 0 saturated carbocycles. The first kappa shape index (κ1) is 19.2. The highest BCUT2D eigenvalue weighted by Gasteiger charge is 2.21. The summed E-state index contributed by atoms with van der Waals surface area (Å²) in [5, 5.41) is 14.0. The topological polar surface area (TPSA) is 95.5 Å². The maximum absolute atomic E-state index is 12.0. The van der Waals surface area contributed by atoms with E-state index in [0.717, 1.165) is 10.0 Å². The second-order valence-corrected chi connectivity index (χ2v) is 6.59. The lowest BCUT2D eigenvalue weighted by molar-refractivity contribution is -0.142. The zero-order valence-electron chi connectivity index (χ0n) is 13.4. The van der Waals surface area contributed by atoms with Crippen LogP contribution in [0.4, 0.5) is 0 Å². The second-order valence-electron chi connectivity index (χ2n) is 5.73. The molecule has 0 spiro atoms. The van der Waals surface area contributed by atoms with Gasteiger partial charge in [0.05, 0.1) is 6.54 Å². The summed E-state index contributed by atoms with van der Waals surface area (Å²) in [5.41, 5.74) is 1.42. The van der Waals surface area contributed by atoms with Gasteiger partial charge in [-0.1, -0.05) is 35.8 Å². The summed E-state index contributed by atoms with van der Waals surface area (Å²) >= 11 is 3.34. The van der Waals surface area contributed by atoms with Crippen LogP contribution < -0.4 is 10.6 Å². The quantitative estimate of drug-likeness (QED) is 0.670. The molecule has 0 unspecified atom stereocenters. The predicted molar refractivity (Wildman–Crippen MR) is 90.2 cm³/mol. The number of amides is 2. The highest BCUT2D eigenvalue weighted by molar-refractivity contribution is 9.10. The summed E-state index contributed by atoms with van der Waals surface area (Å²) < 4.78 is 0.803. The largest absolute Gasteiger partial charge is 0.480 e. The fraction of sp³-hybridized carbons (Fsp3) is 0.438. The molecule has 0 bridgehead atoms. The van der Waals surface area contributed by atoms with E-state index in [9.17, 15) is 14.4 Å². The summed E-state index contributed by atoms with van der Waals surface area (Å²) in [6.45, 7) is 5.38. The molecule has 0 fully saturated rings. The van der Waals surface area contributed by atoms with Crippen molar-refractivity contribution in [1.29, 1.82) is 0 Å². The van der Waals surface area contributed by atoms with Crippen LogP contribution in [0.2, 0.25) is 0 Å². The van der Waals surface area contributed by atoms with Gasteiger partial charge in [0.2, 0.25) is 5.91 Å². The number of hydrogen-bond acceptors (Lipinski definition) is 3. The van der Waals surface area contributed by atoms with Crippen molar-refractivity contribution < 1.29 is 19.5 Å². The van der Waals surface area contributed by atoms with Gasteiger partial charge < -0.3 is 15.7 Å². The molecule has 1 aromatic rings. The normalized spacial score (nSPS) is 11.9. The molecule has 23 heavy (non-hydrogen) atoms. The molecule has 1 aromatic carbocycles. The first-order valence-corrected chi connectivity index (χ1v) is 8.06. The van der Waals surface area contributed by atoms with E-state index in [1.807, 2.05) is 20.8 Å². The van der Waals surface area contributed by atoms with Crippen LogP contribution in [0.3, 0.4) is 0 Å². The van der Waals surface area contributed by atoms with Gasteiger partial charge in [-0.15, -0.1) is 0 Å². The van der Waals surface area contributed by atoms with Gasteiger partial charge >= 0.3 is 5.97 Å². The lowest BCUT2D eigenvalue weighted by Crippen LogP contribution is -2.46. The van der Waals surface area contributed by atoms with Gasteiger partial charge in [0.1, 0.15) is 6.04 Å². The number of benzene rings is 1. The van der Waals surface area contributed by atoms with Gasteiger partial charge in [-0.3, -0.25) is 9.59 Å². The minimum Gasteiger partial charge on any atom is -0.480 e. The molecule has 0 aliphatic rings. The number of nitrogens with one attached hydrogen (secondary N) is 2. The molecule has 6 nitrogen and oxygen atoms in total. The molecule has 0 heterocycles. The molecular formula is C16H21BrN2O4. The highest BCUT2D eigenvalue weighted by Crippen LogP contribution is 2.17. The van der Waals surface area contributed by atoms with Gasteiger partial charge in [0, 0.05) is 10.0 Å². The van der Waals surface area contributed by atoms with Crippen molar-refractivity contribution in [3.8, 4) is 0 Å². The van der Waals surface area contributed by atoms with Crippen LogP contribution in [-0.2, 0) is 9.59 Å². The summed E-state index contributed by atoms with van der Waals surface area (Å²) in [4.78, 5) is 34.9. The molecule has 1 atom stereocenters. The van der Waals surface area contributed by atoms with Crippen molar-refractivity contribution >= 4 is 33.7 Å². The highest BCUT2D eigenvalue weighted by atomic mass is 79.9. The van der Waals surface area contributed by atoms with E-state index in [-0.39, 0.29) is 12.5 Å². The number of carbonyl (C=O) groups excluding carboxylic acids is 2. The monoisotopic (exact) mass is 384 g/mol. The number of carboxylic acids is 1. The van der Waals surface area contributed by atoms with Crippen LogP contribution in [-0.4, -0.2) is 35.5 Å². The molecule has 0 aliphatic heterocycles. The van der Waals surface area contributed by atoms with Crippen molar-refractivity contribution in [2.24, 2.45) is 5.92 Å². The fourth-order valence-corrected chi connectivity index (χ4v) is 2.31. The van der Waals surface area contributed by atoms with Crippen LogP contribution in [0.5, 0.6) is 0 Å². The molecule has 0 aromatic heterocycles. The van der Waals surface area contributed by atoms with Crippen LogP contribution in [0.1, 0.15) is 36.2 Å². The van der Waals surface area contributed by atoms with Crippen LogP contribution in [0.25, 0.3) is 0 Å². The lowest BCUT2D eigenvalue weighted by Gasteiger charge is -2.16. The Morgan fingerprint density at radius 2 is 1.91 bits per heavy atom. The summed E-state index contributed by atoms with van der Waals surface area (Å²) in [7, 11) is 0. The van der Waals surface area contributed by atoms with Crippen molar-refractivity contribution in [2.75, 3.05) is 6.54 Å². The van der Waals surface area contributed by atoms with E-state index in [4.69, 9.17) is 5.11 Å². The molecule has 0 radical (unpaired) electrons. The Labute approximate surface area is 143 Å². The standard InChI is InChI=1S/C16H21BrN2O4/c1-9(2)6-13(16(22)23)19-14(20)8-18-15(21)11-5-4-10(3)12(17)7-11/h4-5,7,9,13H,6,8H2,1-3H3,(H,18,21)(H,19,20)(H,22,23)/t13-/m0/s1. The van der Waals surface area contributed by atoms with Crippen LogP contribution in [0, 0.1) is 12.8 Å². The predicted octanol–water partition coefficient (Wildman–Crippen LogP) is 2.10. The van der Waals surface area contributed by atoms with E-state index in [1.165, 1.54) is 0 Å². The molecule has 1 rings (SSSR count).